The maximum Gasteiger partial charge on any atom is -0.00199 e. The lowest BCUT2D eigenvalue weighted by molar-refractivity contribution is 1.85. The molecule has 0 aliphatic carbocycles. The second kappa shape index (κ2) is 4.98. The Balaban J connectivity index is 1.69. The summed E-state index contributed by atoms with van der Waals surface area (Å²) >= 11 is 0. The molecule has 0 unspecified atom stereocenters. The van der Waals surface area contributed by atoms with Gasteiger partial charge in [0.05, 0.1) is 0 Å². The molecule has 136 valence electrons. The number of fused-ring (bicyclic) bond motifs is 8. The number of rotatable bonds is 0. The molecular weight excluding hydrogens is 360 g/mol. The van der Waals surface area contributed by atoms with Crippen molar-refractivity contribution < 1.29 is 0 Å². The topological polar surface area (TPSA) is 0 Å². The van der Waals surface area contributed by atoms with E-state index in [1.54, 1.807) is 0 Å². The van der Waals surface area contributed by atoms with Gasteiger partial charge < -0.3 is 0 Å². The summed E-state index contributed by atoms with van der Waals surface area (Å²) in [4.78, 5) is 0. The SMILES string of the molecule is c1ccc2c(c1)c1cccc3c4cc5c(cc4cc2c31)c1cccc2cccc5c21. The third kappa shape index (κ3) is 1.62. The average Bonchev–Trinajstić information content (AvgIpc) is 3.29. The van der Waals surface area contributed by atoms with Crippen LogP contribution in [0.25, 0.3) is 75.4 Å². The van der Waals surface area contributed by atoms with Crippen molar-refractivity contribution in [1.29, 1.82) is 0 Å². The minimum absolute atomic E-state index is 1.33. The second-order valence-electron chi connectivity index (χ2n) is 8.53. The van der Waals surface area contributed by atoms with E-state index >= 15 is 0 Å². The van der Waals surface area contributed by atoms with Crippen molar-refractivity contribution in [2.24, 2.45) is 0 Å². The quantitative estimate of drug-likeness (QED) is 0.232. The molecule has 0 N–H and O–H groups in total. The summed E-state index contributed by atoms with van der Waals surface area (Å²) in [7, 11) is 0. The molecule has 0 heteroatoms. The lowest BCUT2D eigenvalue weighted by Crippen LogP contribution is -1.79. The summed E-state index contributed by atoms with van der Waals surface area (Å²) in [5.74, 6) is 0. The molecule has 0 heterocycles. The number of benzene rings is 6. The van der Waals surface area contributed by atoms with Gasteiger partial charge in [-0.2, -0.15) is 0 Å². The predicted molar refractivity (Wildman–Crippen MR) is 131 cm³/mol. The van der Waals surface area contributed by atoms with Crippen molar-refractivity contribution in [3.05, 3.63) is 97.1 Å². The monoisotopic (exact) mass is 376 g/mol. The largest absolute Gasteiger partial charge is 0.0616 e. The van der Waals surface area contributed by atoms with Crippen LogP contribution < -0.4 is 0 Å². The molecule has 0 bridgehead atoms. The molecule has 0 nitrogen and oxygen atoms in total. The van der Waals surface area contributed by atoms with Crippen LogP contribution in [-0.4, -0.2) is 0 Å². The Labute approximate surface area is 172 Å². The van der Waals surface area contributed by atoms with Gasteiger partial charge in [-0.05, 0) is 93.6 Å². The molecule has 0 aliphatic heterocycles. The highest BCUT2D eigenvalue weighted by Crippen LogP contribution is 2.45. The van der Waals surface area contributed by atoms with Crippen LogP contribution in [0.15, 0.2) is 97.1 Å². The van der Waals surface area contributed by atoms with Crippen molar-refractivity contribution in [2.45, 2.75) is 0 Å². The van der Waals surface area contributed by atoms with Gasteiger partial charge >= 0.3 is 0 Å². The number of hydrogen-bond donors (Lipinski definition) is 0. The van der Waals surface area contributed by atoms with E-state index in [0.29, 0.717) is 0 Å². The fourth-order valence-corrected chi connectivity index (χ4v) is 5.89. The number of hydrogen-bond acceptors (Lipinski definition) is 0. The third-order valence-electron chi connectivity index (χ3n) is 7.11. The van der Waals surface area contributed by atoms with Crippen molar-refractivity contribution in [2.75, 3.05) is 0 Å². The zero-order valence-corrected chi connectivity index (χ0v) is 16.2. The first-order valence-corrected chi connectivity index (χ1v) is 10.5. The van der Waals surface area contributed by atoms with Crippen LogP contribution in [-0.2, 0) is 0 Å². The Kier molecular flexibility index (Phi) is 2.49. The molecule has 0 saturated heterocycles. The Morgan fingerprint density at radius 2 is 0.767 bits per heavy atom. The van der Waals surface area contributed by atoms with Gasteiger partial charge in [-0.1, -0.05) is 78.9 Å². The third-order valence-corrected chi connectivity index (χ3v) is 7.11. The molecule has 0 aliphatic rings. The molecular formula is C30H16. The van der Waals surface area contributed by atoms with E-state index in [2.05, 4.69) is 97.1 Å². The molecule has 30 heavy (non-hydrogen) atoms. The molecule has 8 aromatic carbocycles. The van der Waals surface area contributed by atoms with Gasteiger partial charge in [0.1, 0.15) is 0 Å². The highest BCUT2D eigenvalue weighted by atomic mass is 14.2. The van der Waals surface area contributed by atoms with E-state index in [9.17, 15) is 0 Å². The molecule has 0 spiro atoms. The maximum atomic E-state index is 2.44. The summed E-state index contributed by atoms with van der Waals surface area (Å²) in [6, 6.07) is 36.2. The molecule has 0 aromatic heterocycles. The van der Waals surface area contributed by atoms with Gasteiger partial charge in [0.2, 0.25) is 0 Å². The Hall–Kier alpha value is -3.90. The van der Waals surface area contributed by atoms with Crippen LogP contribution in [0.3, 0.4) is 0 Å². The standard InChI is InChI=1S/C30H16/c1-2-9-20-19(8-1)21-12-5-13-22-25-16-27-24-11-4-7-17-6-3-10-23(29(17)24)26(27)14-18(25)15-28(20)30(21)22/h1-16H. The molecule has 0 amide bonds. The van der Waals surface area contributed by atoms with Crippen molar-refractivity contribution in [3.63, 3.8) is 0 Å². The first-order chi connectivity index (χ1) is 14.9. The van der Waals surface area contributed by atoms with E-state index in [4.69, 9.17) is 0 Å². The summed E-state index contributed by atoms with van der Waals surface area (Å²) in [5, 5.41) is 19.1. The van der Waals surface area contributed by atoms with Crippen LogP contribution >= 0.6 is 0 Å². The lowest BCUT2D eigenvalue weighted by Gasteiger charge is -2.07. The van der Waals surface area contributed by atoms with Crippen LogP contribution in [0.4, 0.5) is 0 Å². The Morgan fingerprint density at radius 3 is 1.50 bits per heavy atom. The first kappa shape index (κ1) is 15.0. The van der Waals surface area contributed by atoms with Crippen LogP contribution in [0, 0.1) is 0 Å². The maximum absolute atomic E-state index is 2.44. The summed E-state index contributed by atoms with van der Waals surface area (Å²) < 4.78 is 0. The van der Waals surface area contributed by atoms with E-state index in [-0.39, 0.29) is 0 Å². The fraction of sp³-hybridized carbons (Fsp3) is 0. The van der Waals surface area contributed by atoms with Gasteiger partial charge in [0, 0.05) is 0 Å². The van der Waals surface area contributed by atoms with E-state index in [1.807, 2.05) is 0 Å². The molecule has 8 aromatic rings. The van der Waals surface area contributed by atoms with Gasteiger partial charge in [0.25, 0.3) is 0 Å². The lowest BCUT2D eigenvalue weighted by atomic mass is 9.96. The van der Waals surface area contributed by atoms with E-state index in [1.165, 1.54) is 75.4 Å². The van der Waals surface area contributed by atoms with Crippen LogP contribution in [0.5, 0.6) is 0 Å². The van der Waals surface area contributed by atoms with Crippen molar-refractivity contribution in [3.8, 4) is 0 Å². The zero-order valence-electron chi connectivity index (χ0n) is 16.2. The predicted octanol–water partition coefficient (Wildman–Crippen LogP) is 8.63. The summed E-state index contributed by atoms with van der Waals surface area (Å²) in [6.45, 7) is 0. The van der Waals surface area contributed by atoms with Crippen LogP contribution in [0.1, 0.15) is 0 Å². The molecule has 0 atom stereocenters. The minimum Gasteiger partial charge on any atom is -0.0616 e. The van der Waals surface area contributed by atoms with Crippen LogP contribution in [0.2, 0.25) is 0 Å². The Bertz CT molecular complexity index is 1930. The molecule has 8 rings (SSSR count). The van der Waals surface area contributed by atoms with Gasteiger partial charge in [-0.15, -0.1) is 0 Å². The fourth-order valence-electron chi connectivity index (χ4n) is 5.89. The highest BCUT2D eigenvalue weighted by Gasteiger charge is 2.16. The van der Waals surface area contributed by atoms with Gasteiger partial charge in [0.15, 0.2) is 0 Å². The van der Waals surface area contributed by atoms with Crippen molar-refractivity contribution >= 4 is 75.4 Å². The van der Waals surface area contributed by atoms with E-state index < -0.39 is 0 Å². The van der Waals surface area contributed by atoms with Crippen molar-refractivity contribution in [1.82, 2.24) is 0 Å². The molecule has 0 radical (unpaired) electrons. The average molecular weight is 376 g/mol. The van der Waals surface area contributed by atoms with Gasteiger partial charge in [-0.25, -0.2) is 0 Å². The highest BCUT2D eigenvalue weighted by molar-refractivity contribution is 6.37. The zero-order chi connectivity index (χ0) is 19.4. The van der Waals surface area contributed by atoms with Gasteiger partial charge in [-0.3, -0.25) is 0 Å². The Morgan fingerprint density at radius 1 is 0.267 bits per heavy atom. The summed E-state index contributed by atoms with van der Waals surface area (Å²) in [6.07, 6.45) is 0. The van der Waals surface area contributed by atoms with E-state index in [0.717, 1.165) is 0 Å². The second-order valence-corrected chi connectivity index (χ2v) is 8.53. The first-order valence-electron chi connectivity index (χ1n) is 10.5. The molecule has 0 fully saturated rings. The summed E-state index contributed by atoms with van der Waals surface area (Å²) in [5.41, 5.74) is 0. The smallest absolute Gasteiger partial charge is 0.00199 e. The molecule has 0 saturated carbocycles. The normalized spacial score (nSPS) is 12.7. The minimum atomic E-state index is 1.33.